The molecule has 0 saturated heterocycles. The van der Waals surface area contributed by atoms with Gasteiger partial charge in [0.2, 0.25) is 16.8 Å². The first kappa shape index (κ1) is 17.4. The van der Waals surface area contributed by atoms with Crippen molar-refractivity contribution in [2.45, 2.75) is 40.0 Å². The number of nitrogens with one attached hydrogen (secondary N) is 1. The number of hydrogen-bond donors (Lipinski definition) is 1. The molecule has 1 amide bonds. The van der Waals surface area contributed by atoms with Gasteiger partial charge in [-0.05, 0) is 44.4 Å². The Morgan fingerprint density at radius 1 is 1.28 bits per heavy atom. The summed E-state index contributed by atoms with van der Waals surface area (Å²) in [4.78, 5) is 18.3. The maximum Gasteiger partial charge on any atom is 0.250 e. The molecule has 0 aliphatic rings. The van der Waals surface area contributed by atoms with Crippen LogP contribution < -0.4 is 10.1 Å². The maximum atomic E-state index is 12.0. The fourth-order valence-electron chi connectivity index (χ4n) is 2.43. The fraction of sp³-hybridized carbons (Fsp3) is 0.389. The van der Waals surface area contributed by atoms with Gasteiger partial charge in [-0.2, -0.15) is 4.98 Å². The number of ether oxygens (including phenoxy) is 1. The molecule has 2 heterocycles. The molecule has 132 valence electrons. The summed E-state index contributed by atoms with van der Waals surface area (Å²) in [6, 6.07) is 8.04. The van der Waals surface area contributed by atoms with Gasteiger partial charge in [-0.15, -0.1) is 5.10 Å². The molecular formula is C18H22N4O2S. The lowest BCUT2D eigenvalue weighted by atomic mass is 10.2. The molecule has 6 nitrogen and oxygen atoms in total. The van der Waals surface area contributed by atoms with E-state index >= 15 is 0 Å². The topological polar surface area (TPSA) is 68.5 Å². The van der Waals surface area contributed by atoms with Crippen molar-refractivity contribution < 1.29 is 9.53 Å². The molecule has 0 fully saturated rings. The number of carbonyl (C=O) groups is 1. The number of fused-ring (bicyclic) bond motifs is 1. The first-order valence-corrected chi connectivity index (χ1v) is 9.23. The number of aromatic nitrogens is 3. The first-order chi connectivity index (χ1) is 12.1. The van der Waals surface area contributed by atoms with Crippen LogP contribution in [-0.4, -0.2) is 27.1 Å². The molecule has 0 saturated carbocycles. The van der Waals surface area contributed by atoms with E-state index in [9.17, 15) is 4.79 Å². The smallest absolute Gasteiger partial charge is 0.250 e. The predicted molar refractivity (Wildman–Crippen MR) is 99.5 cm³/mol. The Morgan fingerprint density at radius 2 is 2.04 bits per heavy atom. The monoisotopic (exact) mass is 358 g/mol. The van der Waals surface area contributed by atoms with Crippen molar-refractivity contribution in [3.8, 4) is 5.75 Å². The highest BCUT2D eigenvalue weighted by Crippen LogP contribution is 2.21. The Bertz CT molecular complexity index is 867. The molecule has 0 atom stereocenters. The Balaban J connectivity index is 1.44. The third-order valence-electron chi connectivity index (χ3n) is 4.05. The summed E-state index contributed by atoms with van der Waals surface area (Å²) >= 11 is 1.57. The van der Waals surface area contributed by atoms with E-state index in [-0.39, 0.29) is 5.91 Å². The van der Waals surface area contributed by atoms with Gasteiger partial charge in [0.15, 0.2) is 0 Å². The van der Waals surface area contributed by atoms with Gasteiger partial charge in [0, 0.05) is 11.3 Å². The Kier molecular flexibility index (Phi) is 5.33. The van der Waals surface area contributed by atoms with Gasteiger partial charge < -0.3 is 4.74 Å². The second kappa shape index (κ2) is 7.65. The molecule has 1 aromatic carbocycles. The molecule has 2 aromatic heterocycles. The lowest BCUT2D eigenvalue weighted by molar-refractivity contribution is -0.116. The van der Waals surface area contributed by atoms with Crippen LogP contribution in [0.2, 0.25) is 0 Å². The number of aryl methyl sites for hydroxylation is 3. The minimum Gasteiger partial charge on any atom is -0.494 e. The van der Waals surface area contributed by atoms with Gasteiger partial charge in [0.25, 0.3) is 0 Å². The number of rotatable bonds is 7. The number of nitrogens with zero attached hydrogens (tertiary/aromatic N) is 3. The lowest BCUT2D eigenvalue weighted by Crippen LogP contribution is -2.14. The third kappa shape index (κ3) is 4.17. The zero-order valence-electron chi connectivity index (χ0n) is 14.7. The molecule has 3 rings (SSSR count). The van der Waals surface area contributed by atoms with Gasteiger partial charge in [-0.3, -0.25) is 10.1 Å². The largest absolute Gasteiger partial charge is 0.494 e. The van der Waals surface area contributed by atoms with Crippen LogP contribution in [0.5, 0.6) is 5.75 Å². The van der Waals surface area contributed by atoms with Crippen LogP contribution >= 0.6 is 11.3 Å². The third-order valence-corrected chi connectivity index (χ3v) is 5.10. The fourth-order valence-corrected chi connectivity index (χ4v) is 3.33. The lowest BCUT2D eigenvalue weighted by Gasteiger charge is -2.06. The van der Waals surface area contributed by atoms with Gasteiger partial charge >= 0.3 is 0 Å². The zero-order chi connectivity index (χ0) is 17.8. The average molecular weight is 358 g/mol. The van der Waals surface area contributed by atoms with Crippen LogP contribution in [0.1, 0.15) is 35.9 Å². The van der Waals surface area contributed by atoms with Crippen LogP contribution in [0.15, 0.2) is 24.3 Å². The van der Waals surface area contributed by atoms with E-state index < -0.39 is 0 Å². The molecular weight excluding hydrogens is 336 g/mol. The van der Waals surface area contributed by atoms with Crippen LogP contribution in [0.25, 0.3) is 4.96 Å². The molecule has 3 aromatic rings. The second-order valence-corrected chi connectivity index (χ2v) is 7.05. The molecule has 0 aliphatic heterocycles. The molecule has 0 spiro atoms. The summed E-state index contributed by atoms with van der Waals surface area (Å²) in [7, 11) is 0. The Labute approximate surface area is 150 Å². The quantitative estimate of drug-likeness (QED) is 0.653. The van der Waals surface area contributed by atoms with Crippen molar-refractivity contribution in [1.82, 2.24) is 14.6 Å². The molecule has 0 unspecified atom stereocenters. The minimum atomic E-state index is -0.0995. The minimum absolute atomic E-state index is 0.0995. The number of hydrogen-bond acceptors (Lipinski definition) is 5. The van der Waals surface area contributed by atoms with Crippen molar-refractivity contribution >= 4 is 28.2 Å². The zero-order valence-corrected chi connectivity index (χ0v) is 15.5. The highest BCUT2D eigenvalue weighted by atomic mass is 32.1. The summed E-state index contributed by atoms with van der Waals surface area (Å²) in [5, 5.41) is 7.06. The molecule has 1 N–H and O–H groups in total. The SMILES string of the molecule is CCc1ccc(OCCCC(=O)Nc2nc3sc(C)c(C)n3n2)cc1. The number of amides is 1. The Morgan fingerprint density at radius 3 is 2.72 bits per heavy atom. The highest BCUT2D eigenvalue weighted by molar-refractivity contribution is 7.17. The van der Waals surface area contributed by atoms with Crippen LogP contribution in [0.3, 0.4) is 0 Å². The standard InChI is InChI=1S/C18H22N4O2S/c1-4-14-7-9-15(10-8-14)24-11-5-6-16(23)19-17-20-18-22(21-17)12(2)13(3)25-18/h7-10H,4-6,11H2,1-3H3,(H,19,21,23). The first-order valence-electron chi connectivity index (χ1n) is 8.41. The van der Waals surface area contributed by atoms with E-state index in [0.29, 0.717) is 25.4 Å². The second-order valence-electron chi connectivity index (χ2n) is 5.87. The van der Waals surface area contributed by atoms with Crippen LogP contribution in [-0.2, 0) is 11.2 Å². The van der Waals surface area contributed by atoms with E-state index in [4.69, 9.17) is 4.74 Å². The maximum absolute atomic E-state index is 12.0. The van der Waals surface area contributed by atoms with E-state index in [0.717, 1.165) is 22.8 Å². The van der Waals surface area contributed by atoms with Gasteiger partial charge in [-0.1, -0.05) is 30.4 Å². The van der Waals surface area contributed by atoms with Crippen LogP contribution in [0, 0.1) is 13.8 Å². The van der Waals surface area contributed by atoms with Gasteiger partial charge in [0.1, 0.15) is 5.75 Å². The molecule has 0 bridgehead atoms. The van der Waals surface area contributed by atoms with Crippen molar-refractivity contribution in [3.05, 3.63) is 40.4 Å². The number of anilines is 1. The number of thiazole rings is 1. The van der Waals surface area contributed by atoms with Gasteiger partial charge in [-0.25, -0.2) is 4.52 Å². The van der Waals surface area contributed by atoms with Crippen molar-refractivity contribution in [1.29, 1.82) is 0 Å². The molecule has 0 aliphatic carbocycles. The summed E-state index contributed by atoms with van der Waals surface area (Å²) in [5.74, 6) is 1.09. The summed E-state index contributed by atoms with van der Waals surface area (Å²) in [6.07, 6.45) is 2.03. The van der Waals surface area contributed by atoms with Gasteiger partial charge in [0.05, 0.1) is 12.3 Å². The normalized spacial score (nSPS) is 11.0. The van der Waals surface area contributed by atoms with Crippen molar-refractivity contribution in [2.24, 2.45) is 0 Å². The summed E-state index contributed by atoms with van der Waals surface area (Å²) < 4.78 is 7.42. The predicted octanol–water partition coefficient (Wildman–Crippen LogP) is 3.77. The van der Waals surface area contributed by atoms with Crippen molar-refractivity contribution in [2.75, 3.05) is 11.9 Å². The summed E-state index contributed by atoms with van der Waals surface area (Å²) in [5.41, 5.74) is 2.33. The van der Waals surface area contributed by atoms with Crippen LogP contribution in [0.4, 0.5) is 5.95 Å². The molecule has 7 heteroatoms. The van der Waals surface area contributed by atoms with E-state index in [1.54, 1.807) is 15.9 Å². The van der Waals surface area contributed by atoms with E-state index in [1.165, 1.54) is 10.4 Å². The molecule has 25 heavy (non-hydrogen) atoms. The summed E-state index contributed by atoms with van der Waals surface area (Å²) in [6.45, 7) is 6.65. The number of benzene rings is 1. The highest BCUT2D eigenvalue weighted by Gasteiger charge is 2.12. The van der Waals surface area contributed by atoms with E-state index in [1.807, 2.05) is 26.0 Å². The van der Waals surface area contributed by atoms with Crippen molar-refractivity contribution in [3.63, 3.8) is 0 Å². The average Bonchev–Trinajstić information content (AvgIpc) is 3.11. The molecule has 0 radical (unpaired) electrons. The Hall–Kier alpha value is -2.41. The number of carbonyl (C=O) groups excluding carboxylic acids is 1. The van der Waals surface area contributed by atoms with E-state index in [2.05, 4.69) is 34.5 Å².